The highest BCUT2D eigenvalue weighted by atomic mass is 35.5. The summed E-state index contributed by atoms with van der Waals surface area (Å²) in [6.45, 7) is 6.08. The van der Waals surface area contributed by atoms with E-state index in [1.165, 1.54) is 35.5 Å². The molecule has 1 amide bonds. The number of nitrogens with one attached hydrogen (secondary N) is 1. The Morgan fingerprint density at radius 2 is 1.83 bits per heavy atom. The van der Waals surface area contributed by atoms with Crippen LogP contribution in [0.4, 0.5) is 11.4 Å². The molecule has 0 radical (unpaired) electrons. The number of thioether (sulfide) groups is 1. The quantitative estimate of drug-likeness (QED) is 0.465. The summed E-state index contributed by atoms with van der Waals surface area (Å²) >= 11 is 7.44. The second-order valence-electron chi connectivity index (χ2n) is 5.49. The van der Waals surface area contributed by atoms with Gasteiger partial charge < -0.3 is 5.32 Å². The lowest BCUT2D eigenvalue weighted by Crippen LogP contribution is -2.14. The van der Waals surface area contributed by atoms with E-state index in [2.05, 4.69) is 17.4 Å². The summed E-state index contributed by atoms with van der Waals surface area (Å²) in [6.07, 6.45) is 0. The summed E-state index contributed by atoms with van der Waals surface area (Å²) in [5.41, 5.74) is 3.72. The van der Waals surface area contributed by atoms with Crippen LogP contribution >= 0.6 is 23.4 Å². The number of benzene rings is 2. The van der Waals surface area contributed by atoms with Crippen LogP contribution in [0.5, 0.6) is 0 Å². The summed E-state index contributed by atoms with van der Waals surface area (Å²) in [5, 5.41) is 13.5. The van der Waals surface area contributed by atoms with Gasteiger partial charge in [-0.3, -0.25) is 14.9 Å². The molecule has 2 aromatic carbocycles. The molecule has 0 saturated carbocycles. The van der Waals surface area contributed by atoms with Gasteiger partial charge >= 0.3 is 0 Å². The van der Waals surface area contributed by atoms with Gasteiger partial charge in [0.15, 0.2) is 0 Å². The zero-order valence-corrected chi connectivity index (χ0v) is 15.1. The Labute approximate surface area is 149 Å². The van der Waals surface area contributed by atoms with Crippen molar-refractivity contribution in [3.05, 3.63) is 62.2 Å². The van der Waals surface area contributed by atoms with E-state index in [0.717, 1.165) is 16.0 Å². The maximum Gasteiger partial charge on any atom is 0.271 e. The van der Waals surface area contributed by atoms with E-state index in [4.69, 9.17) is 11.6 Å². The molecule has 0 aliphatic heterocycles. The lowest BCUT2D eigenvalue weighted by Gasteiger charge is -2.11. The molecule has 126 valence electrons. The Morgan fingerprint density at radius 3 is 2.38 bits per heavy atom. The molecule has 2 rings (SSSR count). The first-order valence-corrected chi connectivity index (χ1v) is 8.58. The van der Waals surface area contributed by atoms with Gasteiger partial charge in [-0.2, -0.15) is 0 Å². The maximum absolute atomic E-state index is 12.1. The molecule has 7 heteroatoms. The standard InChI is InChI=1S/C17H17ClN2O3S/c1-10-6-11(2)17(12(3)7-10)24-9-16(21)19-15-5-4-13(20(22)23)8-14(15)18/h4-8H,9H2,1-3H3,(H,19,21). The summed E-state index contributed by atoms with van der Waals surface area (Å²) in [6, 6.07) is 8.13. The van der Waals surface area contributed by atoms with Crippen LogP contribution in [0.3, 0.4) is 0 Å². The minimum atomic E-state index is -0.531. The zero-order valence-electron chi connectivity index (χ0n) is 13.6. The Hall–Kier alpha value is -2.05. The lowest BCUT2D eigenvalue weighted by molar-refractivity contribution is -0.384. The number of anilines is 1. The van der Waals surface area contributed by atoms with E-state index in [1.807, 2.05) is 20.8 Å². The van der Waals surface area contributed by atoms with Crippen molar-refractivity contribution in [2.24, 2.45) is 0 Å². The Kier molecular flexibility index (Phi) is 5.85. The highest BCUT2D eigenvalue weighted by Gasteiger charge is 2.13. The number of nitrogens with zero attached hydrogens (tertiary/aromatic N) is 1. The maximum atomic E-state index is 12.1. The first-order valence-electron chi connectivity index (χ1n) is 7.22. The molecule has 0 spiro atoms. The number of hydrogen-bond donors (Lipinski definition) is 1. The van der Waals surface area contributed by atoms with Crippen LogP contribution in [0.1, 0.15) is 16.7 Å². The van der Waals surface area contributed by atoms with Gasteiger partial charge in [0.1, 0.15) is 0 Å². The van der Waals surface area contributed by atoms with Crippen molar-refractivity contribution in [3.8, 4) is 0 Å². The number of nitro groups is 1. The van der Waals surface area contributed by atoms with Crippen molar-refractivity contribution in [2.75, 3.05) is 11.1 Å². The third-order valence-electron chi connectivity index (χ3n) is 3.39. The number of nitro benzene ring substituents is 1. The van der Waals surface area contributed by atoms with Crippen LogP contribution in [0.25, 0.3) is 0 Å². The predicted molar refractivity (Wildman–Crippen MR) is 98.1 cm³/mol. The summed E-state index contributed by atoms with van der Waals surface area (Å²) < 4.78 is 0. The van der Waals surface area contributed by atoms with Gasteiger partial charge in [-0.05, 0) is 38.0 Å². The van der Waals surface area contributed by atoms with Crippen LogP contribution in [-0.4, -0.2) is 16.6 Å². The minimum absolute atomic E-state index is 0.113. The van der Waals surface area contributed by atoms with Crippen molar-refractivity contribution in [1.82, 2.24) is 0 Å². The number of non-ortho nitro benzene ring substituents is 1. The Balaban J connectivity index is 2.03. The molecular formula is C17H17ClN2O3S. The van der Waals surface area contributed by atoms with Crippen molar-refractivity contribution in [2.45, 2.75) is 25.7 Å². The molecule has 0 aliphatic carbocycles. The van der Waals surface area contributed by atoms with Gasteiger partial charge in [-0.1, -0.05) is 29.3 Å². The SMILES string of the molecule is Cc1cc(C)c(SCC(=O)Nc2ccc([N+](=O)[O-])cc2Cl)c(C)c1. The first-order chi connectivity index (χ1) is 11.3. The smallest absolute Gasteiger partial charge is 0.271 e. The number of aryl methyl sites for hydroxylation is 3. The molecule has 0 atom stereocenters. The number of hydrogen-bond acceptors (Lipinski definition) is 4. The van der Waals surface area contributed by atoms with E-state index in [1.54, 1.807) is 0 Å². The summed E-state index contributed by atoms with van der Waals surface area (Å²) in [5.74, 6) is 0.0213. The predicted octanol–water partition coefficient (Wildman–Crippen LogP) is 4.90. The second kappa shape index (κ2) is 7.68. The largest absolute Gasteiger partial charge is 0.324 e. The van der Waals surface area contributed by atoms with Crippen LogP contribution in [0.2, 0.25) is 5.02 Å². The number of halogens is 1. The fraction of sp³-hybridized carbons (Fsp3) is 0.235. The molecule has 0 aliphatic rings. The van der Waals surface area contributed by atoms with Gasteiger partial charge in [0.2, 0.25) is 5.91 Å². The fourth-order valence-corrected chi connectivity index (χ4v) is 3.58. The molecule has 5 nitrogen and oxygen atoms in total. The van der Waals surface area contributed by atoms with Crippen LogP contribution in [-0.2, 0) is 4.79 Å². The van der Waals surface area contributed by atoms with Crippen molar-refractivity contribution in [1.29, 1.82) is 0 Å². The Bertz CT molecular complexity index is 785. The number of rotatable bonds is 5. The zero-order chi connectivity index (χ0) is 17.9. The topological polar surface area (TPSA) is 72.2 Å². The molecule has 0 heterocycles. The molecule has 1 N–H and O–H groups in total. The lowest BCUT2D eigenvalue weighted by atomic mass is 10.1. The van der Waals surface area contributed by atoms with Gasteiger partial charge in [-0.25, -0.2) is 0 Å². The fourth-order valence-electron chi connectivity index (χ4n) is 2.44. The molecule has 0 aromatic heterocycles. The second-order valence-corrected chi connectivity index (χ2v) is 6.88. The first kappa shape index (κ1) is 18.3. The molecule has 24 heavy (non-hydrogen) atoms. The van der Waals surface area contributed by atoms with Crippen LogP contribution in [0, 0.1) is 30.9 Å². The van der Waals surface area contributed by atoms with Crippen LogP contribution < -0.4 is 5.32 Å². The molecule has 0 saturated heterocycles. The van der Waals surface area contributed by atoms with E-state index < -0.39 is 4.92 Å². The molecule has 0 unspecified atom stereocenters. The molecular weight excluding hydrogens is 348 g/mol. The third-order valence-corrected chi connectivity index (χ3v) is 5.04. The minimum Gasteiger partial charge on any atom is -0.324 e. The Morgan fingerprint density at radius 1 is 1.21 bits per heavy atom. The van der Waals surface area contributed by atoms with Crippen molar-refractivity contribution in [3.63, 3.8) is 0 Å². The van der Waals surface area contributed by atoms with Gasteiger partial charge in [-0.15, -0.1) is 11.8 Å². The van der Waals surface area contributed by atoms with E-state index in [-0.39, 0.29) is 22.4 Å². The highest BCUT2D eigenvalue weighted by molar-refractivity contribution is 8.00. The van der Waals surface area contributed by atoms with E-state index >= 15 is 0 Å². The van der Waals surface area contributed by atoms with E-state index in [9.17, 15) is 14.9 Å². The monoisotopic (exact) mass is 364 g/mol. The normalized spacial score (nSPS) is 10.5. The molecule has 0 bridgehead atoms. The average Bonchev–Trinajstić information content (AvgIpc) is 2.48. The number of carbonyl (C=O) groups is 1. The third kappa shape index (κ3) is 4.49. The van der Waals surface area contributed by atoms with Gasteiger partial charge in [0, 0.05) is 17.0 Å². The number of carbonyl (C=O) groups excluding carboxylic acids is 1. The van der Waals surface area contributed by atoms with E-state index in [0.29, 0.717) is 5.69 Å². The van der Waals surface area contributed by atoms with Crippen molar-refractivity contribution < 1.29 is 9.72 Å². The molecule has 2 aromatic rings. The average molecular weight is 365 g/mol. The highest BCUT2D eigenvalue weighted by Crippen LogP contribution is 2.29. The molecule has 0 fully saturated rings. The number of amides is 1. The van der Waals surface area contributed by atoms with Crippen LogP contribution in [0.15, 0.2) is 35.2 Å². The van der Waals surface area contributed by atoms with Crippen molar-refractivity contribution >= 4 is 40.6 Å². The van der Waals surface area contributed by atoms with Gasteiger partial charge in [0.05, 0.1) is 21.4 Å². The van der Waals surface area contributed by atoms with Gasteiger partial charge in [0.25, 0.3) is 5.69 Å². The summed E-state index contributed by atoms with van der Waals surface area (Å²) in [7, 11) is 0. The summed E-state index contributed by atoms with van der Waals surface area (Å²) in [4.78, 5) is 23.4.